The van der Waals surface area contributed by atoms with Gasteiger partial charge in [-0.2, -0.15) is 0 Å². The molecule has 3 nitrogen and oxygen atoms in total. The molecule has 1 heterocycles. The minimum absolute atomic E-state index is 0. The van der Waals surface area contributed by atoms with Crippen molar-refractivity contribution >= 4 is 24.4 Å². The van der Waals surface area contributed by atoms with Crippen LogP contribution in [0.15, 0.2) is 12.1 Å². The maximum Gasteiger partial charge on any atom is 1.00 e. The van der Waals surface area contributed by atoms with E-state index < -0.39 is 25.1 Å². The number of ketones is 1. The number of benzene rings is 1. The first-order valence-corrected chi connectivity index (χ1v) is 5.40. The smallest absolute Gasteiger partial charge is 0.448 e. The molecule has 0 atom stereocenters. The number of carbonyl (C=O) groups is 2. The molecule has 1 aliphatic heterocycles. The number of halogens is 3. The Kier molecular flexibility index (Phi) is 5.06. The first kappa shape index (κ1) is 16.9. The molecule has 8 heteroatoms. The molecule has 0 N–H and O–H groups in total. The third kappa shape index (κ3) is 3.13. The first-order chi connectivity index (χ1) is 8.22. The van der Waals surface area contributed by atoms with Gasteiger partial charge >= 0.3 is 58.4 Å². The first-order valence-electron chi connectivity index (χ1n) is 5.40. The Balaban J connectivity index is 0.00000180. The van der Waals surface area contributed by atoms with Crippen molar-refractivity contribution in [3.05, 3.63) is 28.8 Å². The number of fused-ring (bicyclic) bond motifs is 1. The predicted octanol–water partition coefficient (Wildman–Crippen LogP) is -0.777. The van der Waals surface area contributed by atoms with E-state index in [-0.39, 0.29) is 62.6 Å². The summed E-state index contributed by atoms with van der Waals surface area (Å²) in [5.74, 6) is -1.97. The van der Waals surface area contributed by atoms with Gasteiger partial charge in [0.05, 0.1) is 11.3 Å². The molecular weight excluding hydrogens is 285 g/mol. The summed E-state index contributed by atoms with van der Waals surface area (Å²) in [5.41, 5.74) is 1.44. The SMILES string of the molecule is Cc1ccc2c(c1C)N(C[B-](F)(F)F)C(=O)C2=O.[K+]. The topological polar surface area (TPSA) is 37.4 Å². The summed E-state index contributed by atoms with van der Waals surface area (Å²) in [7, 11) is 0. The van der Waals surface area contributed by atoms with Crippen LogP contribution in [0.4, 0.5) is 18.6 Å². The molecule has 0 radical (unpaired) electrons. The molecule has 0 saturated heterocycles. The number of aryl methyl sites for hydroxylation is 1. The average molecular weight is 295 g/mol. The molecule has 0 spiro atoms. The summed E-state index contributed by atoms with van der Waals surface area (Å²) in [6.07, 6.45) is -1.37. The molecule has 1 aromatic rings. The number of amides is 1. The van der Waals surface area contributed by atoms with Crippen molar-refractivity contribution in [1.29, 1.82) is 0 Å². The van der Waals surface area contributed by atoms with E-state index in [9.17, 15) is 22.5 Å². The molecule has 2 rings (SSSR count). The molecule has 1 amide bonds. The third-order valence-corrected chi connectivity index (χ3v) is 3.05. The van der Waals surface area contributed by atoms with Crippen LogP contribution in [0, 0.1) is 13.8 Å². The van der Waals surface area contributed by atoms with Gasteiger partial charge in [0, 0.05) is 0 Å². The van der Waals surface area contributed by atoms with Crippen LogP contribution in [0.5, 0.6) is 0 Å². The Labute approximate surface area is 151 Å². The van der Waals surface area contributed by atoms with Crippen LogP contribution in [0.2, 0.25) is 0 Å². The quantitative estimate of drug-likeness (QED) is 0.530. The van der Waals surface area contributed by atoms with Gasteiger partial charge in [0.2, 0.25) is 0 Å². The zero-order valence-electron chi connectivity index (χ0n) is 10.8. The molecule has 0 bridgehead atoms. The van der Waals surface area contributed by atoms with E-state index in [0.717, 1.165) is 5.56 Å². The van der Waals surface area contributed by atoms with Gasteiger partial charge in [-0.25, -0.2) is 0 Å². The maximum absolute atomic E-state index is 12.5. The molecule has 96 valence electrons. The van der Waals surface area contributed by atoms with Gasteiger partial charge in [-0.15, -0.1) is 0 Å². The standard InChI is InChI=1S/C11H10BF3NO2.K/c1-6-3-4-8-9(7(6)2)16(5-12(13,14)15)11(18)10(8)17;/h3-4H,5H2,1-2H3;/q-1;+1. The summed E-state index contributed by atoms with van der Waals surface area (Å²) in [5, 5.41) is 0. The molecule has 1 aromatic carbocycles. The fourth-order valence-electron chi connectivity index (χ4n) is 2.05. The Hall–Kier alpha value is -0.149. The van der Waals surface area contributed by atoms with E-state index in [1.807, 2.05) is 0 Å². The van der Waals surface area contributed by atoms with Crippen LogP contribution in [0.1, 0.15) is 21.5 Å². The van der Waals surface area contributed by atoms with E-state index in [2.05, 4.69) is 0 Å². The number of hydrogen-bond acceptors (Lipinski definition) is 2. The minimum atomic E-state index is -5.17. The molecule has 19 heavy (non-hydrogen) atoms. The van der Waals surface area contributed by atoms with E-state index >= 15 is 0 Å². The fraction of sp³-hybridized carbons (Fsp3) is 0.273. The monoisotopic (exact) mass is 295 g/mol. The fourth-order valence-corrected chi connectivity index (χ4v) is 2.05. The summed E-state index contributed by atoms with van der Waals surface area (Å²) < 4.78 is 37.5. The molecule has 0 saturated carbocycles. The summed E-state index contributed by atoms with van der Waals surface area (Å²) in [4.78, 5) is 23.7. The second kappa shape index (κ2) is 5.69. The van der Waals surface area contributed by atoms with Crippen molar-refractivity contribution in [2.75, 3.05) is 11.3 Å². The molecular formula is C11H10BF3KNO2. The van der Waals surface area contributed by atoms with E-state index in [1.54, 1.807) is 19.9 Å². The minimum Gasteiger partial charge on any atom is -0.448 e. The maximum atomic E-state index is 12.5. The van der Waals surface area contributed by atoms with Crippen molar-refractivity contribution in [2.24, 2.45) is 0 Å². The zero-order chi connectivity index (χ0) is 13.7. The number of carbonyl (C=O) groups excluding carboxylic acids is 2. The molecule has 0 aromatic heterocycles. The molecule has 0 unspecified atom stereocenters. The van der Waals surface area contributed by atoms with Gasteiger partial charge in [0.15, 0.2) is 0 Å². The van der Waals surface area contributed by atoms with E-state index in [0.29, 0.717) is 10.5 Å². The van der Waals surface area contributed by atoms with Crippen LogP contribution in [-0.2, 0) is 4.79 Å². The van der Waals surface area contributed by atoms with Crippen molar-refractivity contribution < 1.29 is 73.9 Å². The Morgan fingerprint density at radius 2 is 1.74 bits per heavy atom. The molecule has 1 aliphatic rings. The van der Waals surface area contributed by atoms with Crippen molar-refractivity contribution in [3.63, 3.8) is 0 Å². The van der Waals surface area contributed by atoms with Gasteiger partial charge < -0.3 is 17.8 Å². The second-order valence-corrected chi connectivity index (χ2v) is 4.36. The van der Waals surface area contributed by atoms with Gasteiger partial charge in [-0.1, -0.05) is 6.07 Å². The van der Waals surface area contributed by atoms with Crippen LogP contribution in [0.3, 0.4) is 0 Å². The molecule has 0 fully saturated rings. The number of hydrogen-bond donors (Lipinski definition) is 0. The number of rotatable bonds is 2. The van der Waals surface area contributed by atoms with Crippen molar-refractivity contribution in [1.82, 2.24) is 0 Å². The summed E-state index contributed by atoms with van der Waals surface area (Å²) in [6.45, 7) is -1.84. The predicted molar refractivity (Wildman–Crippen MR) is 61.7 cm³/mol. The van der Waals surface area contributed by atoms with Crippen LogP contribution < -0.4 is 56.3 Å². The summed E-state index contributed by atoms with van der Waals surface area (Å²) >= 11 is 0. The van der Waals surface area contributed by atoms with Gasteiger partial charge in [-0.3, -0.25) is 9.59 Å². The number of anilines is 1. The van der Waals surface area contributed by atoms with Crippen molar-refractivity contribution in [3.8, 4) is 0 Å². The largest absolute Gasteiger partial charge is 1.00 e. The van der Waals surface area contributed by atoms with Crippen LogP contribution in [-0.4, -0.2) is 25.1 Å². The second-order valence-electron chi connectivity index (χ2n) is 4.36. The van der Waals surface area contributed by atoms with Gasteiger partial charge in [0.1, 0.15) is 0 Å². The van der Waals surface area contributed by atoms with Crippen LogP contribution in [0.25, 0.3) is 0 Å². The third-order valence-electron chi connectivity index (χ3n) is 3.05. The number of nitrogens with zero attached hydrogens (tertiary/aromatic N) is 1. The number of Topliss-reactive ketones (excluding diaryl/α,β-unsaturated/α-hetero) is 1. The van der Waals surface area contributed by atoms with Gasteiger partial charge in [0.25, 0.3) is 11.7 Å². The Morgan fingerprint density at radius 3 is 2.26 bits per heavy atom. The summed E-state index contributed by atoms with van der Waals surface area (Å²) in [6, 6.07) is 3.03. The molecule has 0 aliphatic carbocycles. The normalized spacial score (nSPS) is 14.5. The Morgan fingerprint density at radius 1 is 1.16 bits per heavy atom. The van der Waals surface area contributed by atoms with Gasteiger partial charge in [-0.05, 0) is 37.5 Å². The zero-order valence-corrected chi connectivity index (χ0v) is 14.0. The van der Waals surface area contributed by atoms with E-state index in [1.165, 1.54) is 6.07 Å². The van der Waals surface area contributed by atoms with E-state index in [4.69, 9.17) is 0 Å². The van der Waals surface area contributed by atoms with Crippen molar-refractivity contribution in [2.45, 2.75) is 13.8 Å². The Bertz CT molecular complexity index is 560. The van der Waals surface area contributed by atoms with Crippen LogP contribution >= 0.6 is 0 Å². The average Bonchev–Trinajstić information content (AvgIpc) is 2.47.